The summed E-state index contributed by atoms with van der Waals surface area (Å²) in [5.41, 5.74) is 0. The minimum absolute atomic E-state index is 1.09. The minimum Gasteiger partial charge on any atom is -0.237 e. The largest absolute Gasteiger partial charge is 0.243 e. The maximum absolute atomic E-state index is 2.28. The van der Waals surface area contributed by atoms with Gasteiger partial charge >= 0.3 is 0 Å². The Labute approximate surface area is 115 Å². The molecule has 2 rings (SSSR count). The summed E-state index contributed by atoms with van der Waals surface area (Å²) < 4.78 is 9.06. The van der Waals surface area contributed by atoms with Crippen molar-refractivity contribution < 1.29 is 9.13 Å². The number of hydrogen-bond acceptors (Lipinski definition) is 0. The van der Waals surface area contributed by atoms with Gasteiger partial charge in [0, 0.05) is 6.42 Å². The Bertz CT molecular complexity index is 440. The summed E-state index contributed by atoms with van der Waals surface area (Å²) in [6.07, 6.45) is 16.6. The quantitative estimate of drug-likeness (QED) is 0.645. The van der Waals surface area contributed by atoms with Gasteiger partial charge in [-0.3, -0.25) is 0 Å². The topological polar surface area (TPSA) is 17.6 Å². The van der Waals surface area contributed by atoms with Crippen molar-refractivity contribution in [2.24, 2.45) is 0 Å². The molecule has 0 fully saturated rings. The molecule has 0 amide bonds. The van der Waals surface area contributed by atoms with Crippen LogP contribution in [0, 0.1) is 0 Å². The van der Waals surface area contributed by atoms with Crippen molar-refractivity contribution in [3.63, 3.8) is 0 Å². The summed E-state index contributed by atoms with van der Waals surface area (Å²) in [7, 11) is 0. The van der Waals surface area contributed by atoms with E-state index < -0.39 is 0 Å². The van der Waals surface area contributed by atoms with E-state index in [2.05, 4.69) is 69.6 Å². The zero-order valence-electron chi connectivity index (χ0n) is 12.2. The van der Waals surface area contributed by atoms with Gasteiger partial charge in [0.25, 0.3) is 0 Å². The lowest BCUT2D eigenvalue weighted by molar-refractivity contribution is -0.696. The molecule has 0 atom stereocenters. The summed E-state index contributed by atoms with van der Waals surface area (Å²) in [5, 5.41) is 0. The number of rotatable bonds is 8. The molecule has 0 N–H and O–H groups in total. The monoisotopic (exact) mass is 262 g/mol. The zero-order chi connectivity index (χ0) is 13.5. The van der Waals surface area contributed by atoms with Crippen LogP contribution in [-0.2, 0) is 26.2 Å². The lowest BCUT2D eigenvalue weighted by atomic mass is 10.4. The highest BCUT2D eigenvalue weighted by Crippen LogP contribution is 1.95. The fraction of sp³-hybridized carbons (Fsp3) is 0.600. The Morgan fingerprint density at radius 2 is 1.26 bits per heavy atom. The Kier molecular flexibility index (Phi) is 5.19. The van der Waals surface area contributed by atoms with Crippen LogP contribution in [0.2, 0.25) is 0 Å². The minimum atomic E-state index is 1.09. The van der Waals surface area contributed by atoms with E-state index in [0.717, 1.165) is 26.2 Å². The summed E-state index contributed by atoms with van der Waals surface area (Å²) in [4.78, 5) is 0. The van der Waals surface area contributed by atoms with Crippen LogP contribution in [0.4, 0.5) is 0 Å². The third-order valence-electron chi connectivity index (χ3n) is 3.29. The first kappa shape index (κ1) is 13.8. The Morgan fingerprint density at radius 1 is 0.789 bits per heavy atom. The molecule has 0 saturated carbocycles. The molecule has 2 heterocycles. The first-order chi connectivity index (χ1) is 9.31. The van der Waals surface area contributed by atoms with Crippen molar-refractivity contribution in [3.05, 3.63) is 37.4 Å². The van der Waals surface area contributed by atoms with Crippen LogP contribution in [0.3, 0.4) is 0 Å². The normalized spacial score (nSPS) is 11.1. The van der Waals surface area contributed by atoms with E-state index in [9.17, 15) is 0 Å². The molecule has 0 bridgehead atoms. The number of imidazole rings is 2. The van der Waals surface area contributed by atoms with Gasteiger partial charge in [-0.25, -0.2) is 18.3 Å². The molecular formula is C15H26N4+2. The average molecular weight is 262 g/mol. The number of aryl methyl sites for hydroxylation is 4. The summed E-state index contributed by atoms with van der Waals surface area (Å²) in [5.74, 6) is 0. The molecule has 0 aliphatic rings. The zero-order valence-corrected chi connectivity index (χ0v) is 12.2. The van der Waals surface area contributed by atoms with Gasteiger partial charge in [0.1, 0.15) is 24.8 Å². The molecule has 104 valence electrons. The van der Waals surface area contributed by atoms with Gasteiger partial charge in [-0.15, -0.1) is 0 Å². The van der Waals surface area contributed by atoms with Crippen LogP contribution in [0.5, 0.6) is 0 Å². The molecule has 4 nitrogen and oxygen atoms in total. The van der Waals surface area contributed by atoms with Crippen LogP contribution in [0.15, 0.2) is 37.4 Å². The van der Waals surface area contributed by atoms with Gasteiger partial charge in [0.2, 0.25) is 12.7 Å². The second-order valence-corrected chi connectivity index (χ2v) is 5.13. The molecule has 0 aliphatic carbocycles. The van der Waals surface area contributed by atoms with Crippen molar-refractivity contribution in [2.75, 3.05) is 0 Å². The SMILES string of the molecule is CCC[n+]1ccn(CCCn2cc[n+](CCC)c2)c1. The summed E-state index contributed by atoms with van der Waals surface area (Å²) in [6.45, 7) is 8.82. The van der Waals surface area contributed by atoms with E-state index in [0.29, 0.717) is 0 Å². The number of aromatic nitrogens is 4. The van der Waals surface area contributed by atoms with Crippen LogP contribution in [0.25, 0.3) is 0 Å². The Morgan fingerprint density at radius 3 is 1.68 bits per heavy atom. The standard InChI is InChI=1S/C15H26N4/c1-3-6-16-10-12-18(14-16)8-5-9-19-13-11-17(15-19)7-4-2/h10-15H,3-9H2,1-2H3/q+2. The first-order valence-electron chi connectivity index (χ1n) is 7.41. The highest BCUT2D eigenvalue weighted by molar-refractivity contribution is 4.69. The van der Waals surface area contributed by atoms with Crippen molar-refractivity contribution in [1.29, 1.82) is 0 Å². The smallest absolute Gasteiger partial charge is 0.237 e. The fourth-order valence-corrected chi connectivity index (χ4v) is 2.36. The highest BCUT2D eigenvalue weighted by Gasteiger charge is 2.05. The van der Waals surface area contributed by atoms with Crippen LogP contribution < -0.4 is 9.13 Å². The Balaban J connectivity index is 1.75. The molecular weight excluding hydrogens is 236 g/mol. The van der Waals surface area contributed by atoms with E-state index in [1.165, 1.54) is 19.3 Å². The third-order valence-corrected chi connectivity index (χ3v) is 3.29. The van der Waals surface area contributed by atoms with Crippen LogP contribution in [0.1, 0.15) is 33.1 Å². The molecule has 2 aromatic heterocycles. The molecule has 4 heteroatoms. The lowest BCUT2D eigenvalue weighted by Gasteiger charge is -1.96. The number of nitrogens with zero attached hydrogens (tertiary/aromatic N) is 4. The third kappa shape index (κ3) is 4.23. The molecule has 19 heavy (non-hydrogen) atoms. The molecule has 0 saturated heterocycles. The van der Waals surface area contributed by atoms with Crippen molar-refractivity contribution in [3.8, 4) is 0 Å². The molecule has 0 aliphatic heterocycles. The highest BCUT2D eigenvalue weighted by atomic mass is 15.1. The lowest BCUT2D eigenvalue weighted by Crippen LogP contribution is -2.30. The van der Waals surface area contributed by atoms with Crippen LogP contribution >= 0.6 is 0 Å². The maximum Gasteiger partial charge on any atom is 0.243 e. The predicted octanol–water partition coefficient (Wildman–Crippen LogP) is 1.77. The van der Waals surface area contributed by atoms with Gasteiger partial charge in [-0.05, 0) is 12.8 Å². The fourth-order valence-electron chi connectivity index (χ4n) is 2.36. The van der Waals surface area contributed by atoms with Gasteiger partial charge < -0.3 is 0 Å². The summed E-state index contributed by atoms with van der Waals surface area (Å²) >= 11 is 0. The summed E-state index contributed by atoms with van der Waals surface area (Å²) in [6, 6.07) is 0. The van der Waals surface area contributed by atoms with Gasteiger partial charge in [-0.1, -0.05) is 13.8 Å². The molecule has 0 unspecified atom stereocenters. The van der Waals surface area contributed by atoms with Gasteiger partial charge in [0.05, 0.1) is 26.2 Å². The Hall–Kier alpha value is -1.58. The van der Waals surface area contributed by atoms with Crippen molar-refractivity contribution >= 4 is 0 Å². The van der Waals surface area contributed by atoms with E-state index >= 15 is 0 Å². The molecule has 0 aromatic carbocycles. The van der Waals surface area contributed by atoms with Crippen molar-refractivity contribution in [2.45, 2.75) is 59.3 Å². The van der Waals surface area contributed by atoms with Gasteiger partial charge in [-0.2, -0.15) is 0 Å². The predicted molar refractivity (Wildman–Crippen MR) is 74.5 cm³/mol. The van der Waals surface area contributed by atoms with Crippen LogP contribution in [-0.4, -0.2) is 9.13 Å². The second-order valence-electron chi connectivity index (χ2n) is 5.13. The van der Waals surface area contributed by atoms with Crippen molar-refractivity contribution in [1.82, 2.24) is 9.13 Å². The molecule has 0 radical (unpaired) electrons. The maximum atomic E-state index is 2.28. The molecule has 2 aromatic rings. The van der Waals surface area contributed by atoms with E-state index in [4.69, 9.17) is 0 Å². The molecule has 0 spiro atoms. The van der Waals surface area contributed by atoms with E-state index in [1.54, 1.807) is 0 Å². The average Bonchev–Trinajstić information content (AvgIpc) is 3.01. The second kappa shape index (κ2) is 7.12. The number of hydrogen-bond donors (Lipinski definition) is 0. The van der Waals surface area contributed by atoms with Gasteiger partial charge in [0.15, 0.2) is 0 Å². The van der Waals surface area contributed by atoms with E-state index in [-0.39, 0.29) is 0 Å². The van der Waals surface area contributed by atoms with E-state index in [1.807, 2.05) is 0 Å². The first-order valence-corrected chi connectivity index (χ1v) is 7.41.